The van der Waals surface area contributed by atoms with Gasteiger partial charge in [0.1, 0.15) is 0 Å². The van der Waals surface area contributed by atoms with E-state index in [0.717, 1.165) is 10.7 Å². The molecule has 0 amide bonds. The van der Waals surface area contributed by atoms with Gasteiger partial charge in [0.25, 0.3) is 0 Å². The number of halogens is 4. The number of alkyl halides is 3. The Labute approximate surface area is 104 Å². The van der Waals surface area contributed by atoms with Crippen molar-refractivity contribution in [2.75, 3.05) is 5.43 Å². The molecule has 0 aliphatic heterocycles. The van der Waals surface area contributed by atoms with E-state index >= 15 is 0 Å². The molecule has 6 nitrogen and oxygen atoms in total. The van der Waals surface area contributed by atoms with Gasteiger partial charge in [-0.2, -0.15) is 23.3 Å². The average molecular weight is 279 g/mol. The molecule has 2 rings (SSSR count). The molecule has 18 heavy (non-hydrogen) atoms. The van der Waals surface area contributed by atoms with Gasteiger partial charge >= 0.3 is 6.18 Å². The number of hydrogen-bond acceptors (Lipinski definition) is 5. The smallest absolute Gasteiger partial charge is 0.292 e. The van der Waals surface area contributed by atoms with E-state index in [1.807, 2.05) is 5.43 Å². The van der Waals surface area contributed by atoms with Gasteiger partial charge in [-0.25, -0.2) is 15.5 Å². The molecule has 0 fully saturated rings. The molecule has 0 bridgehead atoms. The number of rotatable bonds is 2. The lowest BCUT2D eigenvalue weighted by molar-refractivity contribution is -0.141. The average Bonchev–Trinajstić information content (AvgIpc) is 2.74. The third-order valence-corrected chi connectivity index (χ3v) is 2.11. The zero-order chi connectivity index (χ0) is 13.3. The van der Waals surface area contributed by atoms with Crippen molar-refractivity contribution in [3.05, 3.63) is 29.2 Å². The SMILES string of the molecule is NNc1nc(-n2cc(Cl)cn2)cc(C(F)(F)F)n1. The van der Waals surface area contributed by atoms with Crippen LogP contribution in [0.4, 0.5) is 19.1 Å². The lowest BCUT2D eigenvalue weighted by atomic mass is 10.4. The van der Waals surface area contributed by atoms with E-state index in [-0.39, 0.29) is 16.8 Å². The first-order chi connectivity index (χ1) is 8.40. The fourth-order valence-corrected chi connectivity index (χ4v) is 1.32. The molecular formula is C8H6ClF3N6. The summed E-state index contributed by atoms with van der Waals surface area (Å²) in [6.45, 7) is 0. The molecule has 0 aromatic carbocycles. The standard InChI is InChI=1S/C8H6ClF3N6/c9-4-2-14-18(3-4)6-1-5(8(10,11)12)15-7(16-6)17-13/h1-3H,13H2,(H,15,16,17). The molecule has 0 saturated carbocycles. The van der Waals surface area contributed by atoms with Crippen molar-refractivity contribution >= 4 is 17.5 Å². The van der Waals surface area contributed by atoms with Crippen LogP contribution in [0.15, 0.2) is 18.5 Å². The molecule has 0 atom stereocenters. The summed E-state index contributed by atoms with van der Waals surface area (Å²) in [6, 6.07) is 0.740. The van der Waals surface area contributed by atoms with Crippen molar-refractivity contribution in [2.45, 2.75) is 6.18 Å². The van der Waals surface area contributed by atoms with E-state index in [1.54, 1.807) is 0 Å². The second-order valence-electron chi connectivity index (χ2n) is 3.18. The number of nitrogen functional groups attached to an aromatic ring is 1. The highest BCUT2D eigenvalue weighted by atomic mass is 35.5. The topological polar surface area (TPSA) is 81.6 Å². The molecule has 2 aromatic heterocycles. The minimum absolute atomic E-state index is 0.0998. The second kappa shape index (κ2) is 4.42. The summed E-state index contributed by atoms with van der Waals surface area (Å²) in [5, 5.41) is 4.01. The minimum atomic E-state index is -4.61. The largest absolute Gasteiger partial charge is 0.433 e. The van der Waals surface area contributed by atoms with E-state index in [2.05, 4.69) is 15.1 Å². The van der Waals surface area contributed by atoms with Crippen molar-refractivity contribution in [3.63, 3.8) is 0 Å². The molecule has 0 saturated heterocycles. The number of nitrogens with zero attached hydrogens (tertiary/aromatic N) is 4. The molecule has 0 spiro atoms. The molecule has 2 heterocycles. The van der Waals surface area contributed by atoms with Gasteiger partial charge in [-0.1, -0.05) is 11.6 Å². The predicted octanol–water partition coefficient (Wildman–Crippen LogP) is 1.62. The Balaban J connectivity index is 2.54. The summed E-state index contributed by atoms with van der Waals surface area (Å²) in [4.78, 5) is 6.95. The van der Waals surface area contributed by atoms with Crippen LogP contribution in [-0.4, -0.2) is 19.7 Å². The van der Waals surface area contributed by atoms with Crippen LogP contribution >= 0.6 is 11.6 Å². The number of nitrogens with two attached hydrogens (primary N) is 1. The fourth-order valence-electron chi connectivity index (χ4n) is 1.19. The van der Waals surface area contributed by atoms with Crippen LogP contribution in [0.3, 0.4) is 0 Å². The number of aromatic nitrogens is 4. The Morgan fingerprint density at radius 1 is 1.33 bits per heavy atom. The van der Waals surface area contributed by atoms with Crippen LogP contribution in [0.2, 0.25) is 5.02 Å². The lowest BCUT2D eigenvalue weighted by Crippen LogP contribution is -2.17. The van der Waals surface area contributed by atoms with Crippen LogP contribution in [0.1, 0.15) is 5.69 Å². The Hall–Kier alpha value is -1.87. The number of anilines is 1. The zero-order valence-corrected chi connectivity index (χ0v) is 9.37. The first kappa shape index (κ1) is 12.6. The van der Waals surface area contributed by atoms with Gasteiger partial charge in [0.15, 0.2) is 11.5 Å². The molecule has 0 aliphatic rings. The first-order valence-corrected chi connectivity index (χ1v) is 4.91. The van der Waals surface area contributed by atoms with Gasteiger partial charge in [-0.15, -0.1) is 0 Å². The maximum atomic E-state index is 12.6. The second-order valence-corrected chi connectivity index (χ2v) is 3.62. The first-order valence-electron chi connectivity index (χ1n) is 4.53. The summed E-state index contributed by atoms with van der Waals surface area (Å²) in [6.07, 6.45) is -2.03. The number of hydrazine groups is 1. The van der Waals surface area contributed by atoms with Gasteiger partial charge in [0.2, 0.25) is 5.95 Å². The molecular weight excluding hydrogens is 273 g/mol. The molecule has 96 valence electrons. The van der Waals surface area contributed by atoms with Gasteiger partial charge < -0.3 is 0 Å². The normalized spacial score (nSPS) is 11.6. The van der Waals surface area contributed by atoms with Crippen molar-refractivity contribution < 1.29 is 13.2 Å². The van der Waals surface area contributed by atoms with Crippen LogP contribution in [-0.2, 0) is 6.18 Å². The van der Waals surface area contributed by atoms with E-state index in [1.165, 1.54) is 12.4 Å². The monoisotopic (exact) mass is 278 g/mol. The third-order valence-electron chi connectivity index (χ3n) is 1.92. The highest BCUT2D eigenvalue weighted by Gasteiger charge is 2.34. The number of hydrogen-bond donors (Lipinski definition) is 2. The van der Waals surface area contributed by atoms with Crippen molar-refractivity contribution in [3.8, 4) is 5.82 Å². The summed E-state index contributed by atoms with van der Waals surface area (Å²) in [7, 11) is 0. The molecule has 0 unspecified atom stereocenters. The van der Waals surface area contributed by atoms with Crippen LogP contribution in [0, 0.1) is 0 Å². The fraction of sp³-hybridized carbons (Fsp3) is 0.125. The van der Waals surface area contributed by atoms with Crippen LogP contribution in [0.25, 0.3) is 5.82 Å². The Bertz CT molecular complexity index is 566. The van der Waals surface area contributed by atoms with Crippen LogP contribution < -0.4 is 11.3 Å². The Morgan fingerprint density at radius 3 is 2.56 bits per heavy atom. The molecule has 10 heteroatoms. The van der Waals surface area contributed by atoms with Crippen molar-refractivity contribution in [2.24, 2.45) is 5.84 Å². The zero-order valence-electron chi connectivity index (χ0n) is 8.61. The van der Waals surface area contributed by atoms with Crippen LogP contribution in [0.5, 0.6) is 0 Å². The van der Waals surface area contributed by atoms with E-state index < -0.39 is 11.9 Å². The molecule has 3 N–H and O–H groups in total. The maximum absolute atomic E-state index is 12.6. The molecule has 0 aliphatic carbocycles. The highest BCUT2D eigenvalue weighted by Crippen LogP contribution is 2.29. The minimum Gasteiger partial charge on any atom is -0.292 e. The number of nitrogens with one attached hydrogen (secondary N) is 1. The summed E-state index contributed by atoms with van der Waals surface area (Å²) in [5.74, 6) is 4.55. The van der Waals surface area contributed by atoms with E-state index in [9.17, 15) is 13.2 Å². The predicted molar refractivity (Wildman–Crippen MR) is 57.0 cm³/mol. The quantitative estimate of drug-likeness (QED) is 0.644. The van der Waals surface area contributed by atoms with Gasteiger partial charge in [-0.3, -0.25) is 5.43 Å². The summed E-state index contributed by atoms with van der Waals surface area (Å²) < 4.78 is 38.9. The Kier molecular flexibility index (Phi) is 3.09. The molecule has 2 aromatic rings. The summed E-state index contributed by atoms with van der Waals surface area (Å²) in [5.41, 5.74) is 0.828. The third kappa shape index (κ3) is 2.51. The van der Waals surface area contributed by atoms with Gasteiger partial charge in [0, 0.05) is 6.07 Å². The Morgan fingerprint density at radius 2 is 2.06 bits per heavy atom. The molecule has 0 radical (unpaired) electrons. The van der Waals surface area contributed by atoms with E-state index in [0.29, 0.717) is 0 Å². The van der Waals surface area contributed by atoms with Gasteiger partial charge in [-0.05, 0) is 0 Å². The van der Waals surface area contributed by atoms with E-state index in [4.69, 9.17) is 17.4 Å². The lowest BCUT2D eigenvalue weighted by Gasteiger charge is -2.09. The van der Waals surface area contributed by atoms with Crippen molar-refractivity contribution in [1.29, 1.82) is 0 Å². The van der Waals surface area contributed by atoms with Crippen molar-refractivity contribution in [1.82, 2.24) is 19.7 Å². The maximum Gasteiger partial charge on any atom is 0.433 e. The highest BCUT2D eigenvalue weighted by molar-refractivity contribution is 6.30. The summed E-state index contributed by atoms with van der Waals surface area (Å²) >= 11 is 5.62. The van der Waals surface area contributed by atoms with Gasteiger partial charge in [0.05, 0.1) is 17.4 Å².